The number of amides is 3. The molecule has 0 aromatic carbocycles. The molecule has 2 rings (SSSR count). The van der Waals surface area contributed by atoms with Gasteiger partial charge in [-0.2, -0.15) is 0 Å². The Morgan fingerprint density at radius 3 is 2.74 bits per heavy atom. The van der Waals surface area contributed by atoms with E-state index in [2.05, 4.69) is 15.5 Å². The highest BCUT2D eigenvalue weighted by molar-refractivity contribution is 5.96. The molecule has 0 bridgehead atoms. The minimum Gasteiger partial charge on any atom is -0.393 e. The first-order valence-corrected chi connectivity index (χ1v) is 7.03. The van der Waals surface area contributed by atoms with Crippen molar-refractivity contribution >= 4 is 11.9 Å². The average molecular weight is 269 g/mol. The molecule has 3 amide bonds. The zero-order valence-corrected chi connectivity index (χ0v) is 11.6. The van der Waals surface area contributed by atoms with E-state index in [0.717, 1.165) is 25.9 Å². The van der Waals surface area contributed by atoms with Crippen LogP contribution in [0, 0.1) is 11.8 Å². The summed E-state index contributed by atoms with van der Waals surface area (Å²) in [4.78, 5) is 25.3. The van der Waals surface area contributed by atoms with E-state index in [-0.39, 0.29) is 18.1 Å². The van der Waals surface area contributed by atoms with Gasteiger partial charge < -0.3 is 10.4 Å². The highest BCUT2D eigenvalue weighted by Gasteiger charge is 2.43. The largest absolute Gasteiger partial charge is 0.393 e. The summed E-state index contributed by atoms with van der Waals surface area (Å²) in [6.07, 6.45) is 1.68. The zero-order chi connectivity index (χ0) is 14.0. The van der Waals surface area contributed by atoms with Gasteiger partial charge in [-0.25, -0.2) is 4.79 Å². The Bertz CT molecular complexity index is 361. The third-order valence-corrected chi connectivity index (χ3v) is 4.35. The third-order valence-electron chi connectivity index (χ3n) is 4.35. The number of likely N-dealkylation sites (tertiary alicyclic amines) is 1. The summed E-state index contributed by atoms with van der Waals surface area (Å²) < 4.78 is 0. The zero-order valence-electron chi connectivity index (χ0n) is 11.6. The average Bonchev–Trinajstić information content (AvgIpc) is 2.91. The van der Waals surface area contributed by atoms with Crippen molar-refractivity contribution in [2.45, 2.75) is 38.8 Å². The third kappa shape index (κ3) is 3.06. The first-order chi connectivity index (χ1) is 9.02. The minimum atomic E-state index is -0.446. The van der Waals surface area contributed by atoms with Crippen molar-refractivity contribution in [1.82, 2.24) is 15.5 Å². The van der Waals surface area contributed by atoms with E-state index in [0.29, 0.717) is 18.4 Å². The van der Waals surface area contributed by atoms with Crippen molar-refractivity contribution in [3.63, 3.8) is 0 Å². The molecule has 1 heterocycles. The molecule has 1 aliphatic heterocycles. The number of aliphatic hydroxyl groups excluding tert-OH is 1. The maximum Gasteiger partial charge on any atom is 0.321 e. The Kier molecular flexibility index (Phi) is 4.42. The molecule has 2 aliphatic rings. The monoisotopic (exact) mass is 269 g/mol. The lowest BCUT2D eigenvalue weighted by Gasteiger charge is -2.24. The van der Waals surface area contributed by atoms with Crippen LogP contribution in [0.25, 0.3) is 0 Å². The van der Waals surface area contributed by atoms with Crippen LogP contribution >= 0.6 is 0 Å². The predicted molar refractivity (Wildman–Crippen MR) is 70.5 cm³/mol. The van der Waals surface area contributed by atoms with Gasteiger partial charge in [0.2, 0.25) is 5.91 Å². The molecule has 0 radical (unpaired) electrons. The fraction of sp³-hybridized carbons (Fsp3) is 0.846. The Labute approximate surface area is 113 Å². The summed E-state index contributed by atoms with van der Waals surface area (Å²) in [5.41, 5.74) is 0. The van der Waals surface area contributed by atoms with Gasteiger partial charge in [-0.1, -0.05) is 0 Å². The fourth-order valence-electron chi connectivity index (χ4n) is 3.17. The molecule has 1 aliphatic carbocycles. The van der Waals surface area contributed by atoms with Crippen molar-refractivity contribution in [1.29, 1.82) is 0 Å². The lowest BCUT2D eigenvalue weighted by molar-refractivity contribution is -0.124. The second-order valence-corrected chi connectivity index (χ2v) is 5.55. The smallest absolute Gasteiger partial charge is 0.321 e. The summed E-state index contributed by atoms with van der Waals surface area (Å²) in [5, 5.41) is 14.7. The Morgan fingerprint density at radius 2 is 2.11 bits per heavy atom. The number of carbonyl (C=O) groups excluding carboxylic acids is 2. The summed E-state index contributed by atoms with van der Waals surface area (Å²) in [6.45, 7) is 5.69. The highest BCUT2D eigenvalue weighted by atomic mass is 16.3. The van der Waals surface area contributed by atoms with Crippen LogP contribution in [-0.4, -0.2) is 53.7 Å². The van der Waals surface area contributed by atoms with Crippen LogP contribution in [0.3, 0.4) is 0 Å². The van der Waals surface area contributed by atoms with E-state index < -0.39 is 6.03 Å². The number of aliphatic hydroxyl groups is 1. The van der Waals surface area contributed by atoms with E-state index >= 15 is 0 Å². The predicted octanol–water partition coefficient (Wildman–Crippen LogP) is -0.0767. The van der Waals surface area contributed by atoms with E-state index in [9.17, 15) is 14.7 Å². The highest BCUT2D eigenvalue weighted by Crippen LogP contribution is 2.38. The molecule has 0 aromatic rings. The van der Waals surface area contributed by atoms with Crippen molar-refractivity contribution in [3.05, 3.63) is 0 Å². The Balaban J connectivity index is 1.85. The molecule has 3 N–H and O–H groups in total. The quantitative estimate of drug-likeness (QED) is 0.669. The van der Waals surface area contributed by atoms with Gasteiger partial charge in [-0.05, 0) is 32.6 Å². The normalized spacial score (nSPS) is 31.8. The topological polar surface area (TPSA) is 81.7 Å². The van der Waals surface area contributed by atoms with Crippen LogP contribution in [-0.2, 0) is 4.79 Å². The molecule has 108 valence electrons. The molecule has 0 spiro atoms. The molecule has 4 unspecified atom stereocenters. The summed E-state index contributed by atoms with van der Waals surface area (Å²) in [5.74, 6) is 0.509. The lowest BCUT2D eigenvalue weighted by Crippen LogP contribution is -2.49. The molecule has 19 heavy (non-hydrogen) atoms. The molecule has 0 aromatic heterocycles. The summed E-state index contributed by atoms with van der Waals surface area (Å²) >= 11 is 0. The lowest BCUT2D eigenvalue weighted by atomic mass is 10.00. The fourth-order valence-corrected chi connectivity index (χ4v) is 3.17. The van der Waals surface area contributed by atoms with E-state index in [1.165, 1.54) is 0 Å². The van der Waals surface area contributed by atoms with Gasteiger partial charge in [0.05, 0.1) is 12.1 Å². The number of imide groups is 1. The molecular weight excluding hydrogens is 246 g/mol. The molecule has 4 atom stereocenters. The first-order valence-electron chi connectivity index (χ1n) is 7.03. The van der Waals surface area contributed by atoms with E-state index in [1.807, 2.05) is 6.92 Å². The number of nitrogens with zero attached hydrogens (tertiary/aromatic N) is 1. The van der Waals surface area contributed by atoms with Gasteiger partial charge in [0.25, 0.3) is 0 Å². The molecule has 2 fully saturated rings. The molecular formula is C13H23N3O3. The van der Waals surface area contributed by atoms with Gasteiger partial charge in [0.1, 0.15) is 0 Å². The second-order valence-electron chi connectivity index (χ2n) is 5.55. The number of urea groups is 1. The van der Waals surface area contributed by atoms with Crippen LogP contribution < -0.4 is 10.6 Å². The summed E-state index contributed by atoms with van der Waals surface area (Å²) in [6, 6.07) is -0.779. The second kappa shape index (κ2) is 5.88. The molecule has 1 saturated carbocycles. The van der Waals surface area contributed by atoms with Crippen LogP contribution in [0.4, 0.5) is 4.79 Å². The SMILES string of the molecule is CCNC(=O)NC(=O)C(C)N1CC2CCC(O)C2C1. The first kappa shape index (κ1) is 14.3. The Morgan fingerprint density at radius 1 is 1.37 bits per heavy atom. The summed E-state index contributed by atoms with van der Waals surface area (Å²) in [7, 11) is 0. The molecule has 6 nitrogen and oxygen atoms in total. The standard InChI is InChI=1S/C13H23N3O3/c1-3-14-13(19)15-12(18)8(2)16-6-9-4-5-11(17)10(9)7-16/h8-11,17H,3-7H2,1-2H3,(H2,14,15,18,19). The number of fused-ring (bicyclic) bond motifs is 1. The van der Waals surface area contributed by atoms with Crippen LogP contribution in [0.2, 0.25) is 0 Å². The molecule has 6 heteroatoms. The number of rotatable bonds is 3. The number of hydrogen-bond acceptors (Lipinski definition) is 4. The van der Waals surface area contributed by atoms with Crippen molar-refractivity contribution in [2.75, 3.05) is 19.6 Å². The van der Waals surface area contributed by atoms with Gasteiger partial charge in [-0.15, -0.1) is 0 Å². The van der Waals surface area contributed by atoms with E-state index in [1.54, 1.807) is 6.92 Å². The van der Waals surface area contributed by atoms with Crippen LogP contribution in [0.1, 0.15) is 26.7 Å². The number of nitrogens with one attached hydrogen (secondary N) is 2. The van der Waals surface area contributed by atoms with Gasteiger partial charge in [0.15, 0.2) is 0 Å². The minimum absolute atomic E-state index is 0.228. The maximum atomic E-state index is 11.9. The van der Waals surface area contributed by atoms with Crippen molar-refractivity contribution in [3.8, 4) is 0 Å². The molecule has 1 saturated heterocycles. The van der Waals surface area contributed by atoms with E-state index in [4.69, 9.17) is 0 Å². The van der Waals surface area contributed by atoms with Gasteiger partial charge in [-0.3, -0.25) is 15.0 Å². The van der Waals surface area contributed by atoms with Crippen LogP contribution in [0.15, 0.2) is 0 Å². The van der Waals surface area contributed by atoms with Crippen molar-refractivity contribution in [2.24, 2.45) is 11.8 Å². The Hall–Kier alpha value is -1.14. The number of carbonyl (C=O) groups is 2. The van der Waals surface area contributed by atoms with Crippen molar-refractivity contribution < 1.29 is 14.7 Å². The van der Waals surface area contributed by atoms with Gasteiger partial charge >= 0.3 is 6.03 Å². The number of hydrogen-bond donors (Lipinski definition) is 3. The van der Waals surface area contributed by atoms with Gasteiger partial charge in [0, 0.05) is 25.6 Å². The van der Waals surface area contributed by atoms with Crippen LogP contribution in [0.5, 0.6) is 0 Å². The maximum absolute atomic E-state index is 11.9.